The van der Waals surface area contributed by atoms with Crippen LogP contribution in [0.1, 0.15) is 30.5 Å². The van der Waals surface area contributed by atoms with Gasteiger partial charge in [0.2, 0.25) is 10.0 Å². The Morgan fingerprint density at radius 1 is 1.14 bits per heavy atom. The smallest absolute Gasteiger partial charge is 0.210 e. The molecule has 5 nitrogen and oxygen atoms in total. The molecule has 0 spiro atoms. The Morgan fingerprint density at radius 2 is 1.73 bits per heavy atom. The number of hydrogen-bond acceptors (Lipinski definition) is 5. The number of primary sulfonamides is 1. The largest absolute Gasteiger partial charge is 0.300 e. The van der Waals surface area contributed by atoms with Crippen LogP contribution in [-0.2, 0) is 22.0 Å². The summed E-state index contributed by atoms with van der Waals surface area (Å²) >= 11 is 1.90. The Labute approximate surface area is 138 Å². The van der Waals surface area contributed by atoms with Crippen molar-refractivity contribution in [3.8, 4) is 0 Å². The van der Waals surface area contributed by atoms with Crippen molar-refractivity contribution in [2.75, 3.05) is 38.5 Å². The normalized spacial score (nSPS) is 18.7. The van der Waals surface area contributed by atoms with E-state index in [4.69, 9.17) is 5.14 Å². The third-order valence-corrected chi connectivity index (χ3v) is 6.18. The highest BCUT2D eigenvalue weighted by Gasteiger charge is 2.20. The monoisotopic (exact) mass is 345 g/mol. The number of sulfonamides is 1. The van der Waals surface area contributed by atoms with Crippen LogP contribution in [0.25, 0.3) is 0 Å². The molecular formula is C15H27N3O2S2. The van der Waals surface area contributed by atoms with Crippen LogP contribution in [0.2, 0.25) is 0 Å². The van der Waals surface area contributed by atoms with E-state index in [-0.39, 0.29) is 11.2 Å². The molecule has 2 heterocycles. The molecule has 1 aromatic heterocycles. The average Bonchev–Trinajstić information content (AvgIpc) is 2.85. The molecule has 1 aliphatic rings. The van der Waals surface area contributed by atoms with E-state index < -0.39 is 10.0 Å². The molecule has 7 heteroatoms. The molecule has 126 valence electrons. The van der Waals surface area contributed by atoms with Crippen LogP contribution in [0.3, 0.4) is 0 Å². The SMILES string of the molecule is CC(C)(C)c1ccc(CN2CCN(CCS(N)(=O)=O)CC2)s1. The summed E-state index contributed by atoms with van der Waals surface area (Å²) in [6, 6.07) is 4.47. The molecule has 0 unspecified atom stereocenters. The van der Waals surface area contributed by atoms with Gasteiger partial charge in [-0.2, -0.15) is 0 Å². The maximum Gasteiger partial charge on any atom is 0.210 e. The molecule has 0 aliphatic carbocycles. The van der Waals surface area contributed by atoms with Crippen molar-refractivity contribution in [3.63, 3.8) is 0 Å². The molecule has 0 amide bonds. The number of thiophene rings is 1. The molecular weight excluding hydrogens is 318 g/mol. The maximum atomic E-state index is 11.0. The van der Waals surface area contributed by atoms with E-state index in [9.17, 15) is 8.42 Å². The fourth-order valence-corrected chi connectivity index (χ4v) is 4.13. The van der Waals surface area contributed by atoms with Crippen LogP contribution < -0.4 is 5.14 Å². The van der Waals surface area contributed by atoms with Crippen molar-refractivity contribution in [3.05, 3.63) is 21.9 Å². The van der Waals surface area contributed by atoms with Gasteiger partial charge in [-0.25, -0.2) is 13.6 Å². The van der Waals surface area contributed by atoms with E-state index in [2.05, 4.69) is 42.7 Å². The first kappa shape index (κ1) is 17.9. The van der Waals surface area contributed by atoms with E-state index in [1.54, 1.807) is 0 Å². The lowest BCUT2D eigenvalue weighted by Crippen LogP contribution is -2.47. The lowest BCUT2D eigenvalue weighted by molar-refractivity contribution is 0.133. The van der Waals surface area contributed by atoms with Crippen LogP contribution in [-0.4, -0.2) is 56.7 Å². The number of nitrogens with two attached hydrogens (primary N) is 1. The summed E-state index contributed by atoms with van der Waals surface area (Å²) in [5.74, 6) is 0.0485. The Morgan fingerprint density at radius 3 is 2.23 bits per heavy atom. The van der Waals surface area contributed by atoms with Gasteiger partial charge >= 0.3 is 0 Å². The molecule has 1 aliphatic heterocycles. The maximum absolute atomic E-state index is 11.0. The molecule has 0 saturated carbocycles. The quantitative estimate of drug-likeness (QED) is 0.877. The standard InChI is InChI=1S/C15H27N3O2S2/c1-15(2,3)14-5-4-13(21-14)12-18-8-6-17(7-9-18)10-11-22(16,19)20/h4-5H,6-12H2,1-3H3,(H2,16,19,20). The van der Waals surface area contributed by atoms with Crippen molar-refractivity contribution in [2.45, 2.75) is 32.7 Å². The second-order valence-electron chi connectivity index (χ2n) is 7.00. The Balaban J connectivity index is 1.79. The summed E-state index contributed by atoms with van der Waals surface area (Å²) in [5.41, 5.74) is 0.218. The summed E-state index contributed by atoms with van der Waals surface area (Å²) in [7, 11) is -3.35. The molecule has 0 bridgehead atoms. The van der Waals surface area contributed by atoms with Crippen molar-refractivity contribution >= 4 is 21.4 Å². The lowest BCUT2D eigenvalue weighted by Gasteiger charge is -2.34. The zero-order valence-corrected chi connectivity index (χ0v) is 15.3. The topological polar surface area (TPSA) is 66.6 Å². The van der Waals surface area contributed by atoms with Gasteiger partial charge in [0.15, 0.2) is 0 Å². The van der Waals surface area contributed by atoms with Gasteiger partial charge in [0.05, 0.1) is 5.75 Å². The van der Waals surface area contributed by atoms with E-state index in [0.29, 0.717) is 6.54 Å². The van der Waals surface area contributed by atoms with Gasteiger partial charge in [-0.1, -0.05) is 20.8 Å². The summed E-state index contributed by atoms with van der Waals surface area (Å²) in [4.78, 5) is 7.44. The molecule has 0 radical (unpaired) electrons. The minimum absolute atomic E-state index is 0.0485. The Hall–Kier alpha value is -0.470. The minimum Gasteiger partial charge on any atom is -0.300 e. The van der Waals surface area contributed by atoms with Crippen LogP contribution in [0.5, 0.6) is 0 Å². The molecule has 1 fully saturated rings. The molecule has 1 saturated heterocycles. The first-order valence-corrected chi connectivity index (χ1v) is 10.2. The van der Waals surface area contributed by atoms with Crippen molar-refractivity contribution in [1.29, 1.82) is 0 Å². The van der Waals surface area contributed by atoms with Crippen LogP contribution in [0, 0.1) is 0 Å². The van der Waals surface area contributed by atoms with Crippen molar-refractivity contribution in [2.24, 2.45) is 5.14 Å². The summed E-state index contributed by atoms with van der Waals surface area (Å²) < 4.78 is 22.0. The van der Waals surface area contributed by atoms with Crippen molar-refractivity contribution < 1.29 is 8.42 Å². The highest BCUT2D eigenvalue weighted by atomic mass is 32.2. The minimum atomic E-state index is -3.35. The number of hydrogen-bond donors (Lipinski definition) is 1. The lowest BCUT2D eigenvalue weighted by atomic mass is 9.95. The number of nitrogens with zero attached hydrogens (tertiary/aromatic N) is 2. The van der Waals surface area contributed by atoms with E-state index >= 15 is 0 Å². The summed E-state index contributed by atoms with van der Waals surface area (Å²) in [6.45, 7) is 12.0. The first-order chi connectivity index (χ1) is 10.1. The molecule has 2 N–H and O–H groups in total. The van der Waals surface area contributed by atoms with Gasteiger partial charge in [0.25, 0.3) is 0 Å². The molecule has 0 aromatic carbocycles. The van der Waals surface area contributed by atoms with Gasteiger partial charge < -0.3 is 0 Å². The van der Waals surface area contributed by atoms with Crippen LogP contribution in [0.15, 0.2) is 12.1 Å². The van der Waals surface area contributed by atoms with E-state index in [1.165, 1.54) is 9.75 Å². The van der Waals surface area contributed by atoms with E-state index in [1.807, 2.05) is 11.3 Å². The zero-order valence-electron chi connectivity index (χ0n) is 13.7. The molecule has 1 aromatic rings. The fraction of sp³-hybridized carbons (Fsp3) is 0.733. The molecule has 22 heavy (non-hydrogen) atoms. The third kappa shape index (κ3) is 5.62. The molecule has 2 rings (SSSR count). The van der Waals surface area contributed by atoms with Gasteiger partial charge in [0, 0.05) is 49.0 Å². The Kier molecular flexibility index (Phi) is 5.66. The van der Waals surface area contributed by atoms with Gasteiger partial charge in [-0.3, -0.25) is 9.80 Å². The predicted molar refractivity (Wildman–Crippen MR) is 92.7 cm³/mol. The third-order valence-electron chi connectivity index (χ3n) is 3.94. The van der Waals surface area contributed by atoms with Gasteiger partial charge in [-0.15, -0.1) is 11.3 Å². The second-order valence-corrected chi connectivity index (χ2v) is 9.90. The van der Waals surface area contributed by atoms with Crippen LogP contribution >= 0.6 is 11.3 Å². The van der Waals surface area contributed by atoms with Crippen LogP contribution in [0.4, 0.5) is 0 Å². The first-order valence-electron chi connectivity index (χ1n) is 7.68. The summed E-state index contributed by atoms with van der Waals surface area (Å²) in [5, 5.41) is 5.06. The van der Waals surface area contributed by atoms with Gasteiger partial charge in [0.1, 0.15) is 0 Å². The average molecular weight is 346 g/mol. The van der Waals surface area contributed by atoms with Crippen molar-refractivity contribution in [1.82, 2.24) is 9.80 Å². The number of piperazine rings is 1. The highest BCUT2D eigenvalue weighted by molar-refractivity contribution is 7.89. The number of rotatable bonds is 5. The van der Waals surface area contributed by atoms with E-state index in [0.717, 1.165) is 32.7 Å². The van der Waals surface area contributed by atoms with Gasteiger partial charge in [-0.05, 0) is 17.5 Å². The molecule has 0 atom stereocenters. The summed E-state index contributed by atoms with van der Waals surface area (Å²) in [6.07, 6.45) is 0. The fourth-order valence-electron chi connectivity index (χ4n) is 2.51. The predicted octanol–water partition coefficient (Wildman–Crippen LogP) is 1.45. The zero-order chi connectivity index (χ0) is 16.4. The Bertz CT molecular complexity index is 582. The second kappa shape index (κ2) is 6.97. The highest BCUT2D eigenvalue weighted by Crippen LogP contribution is 2.30.